The molecule has 4 nitrogen and oxygen atoms in total. The third-order valence-electron chi connectivity index (χ3n) is 4.46. The molecule has 106 valence electrons. The molecule has 2 aliphatic rings. The lowest BCUT2D eigenvalue weighted by Crippen LogP contribution is -2.49. The number of carbonyl (C=O) groups excluding carboxylic acids is 1. The second-order valence-corrected chi connectivity index (χ2v) is 5.73. The Kier molecular flexibility index (Phi) is 5.89. The van der Waals surface area contributed by atoms with Crippen molar-refractivity contribution in [3.05, 3.63) is 0 Å². The number of carbonyl (C=O) groups is 1. The number of hydrogen-bond donors (Lipinski definition) is 3. The first kappa shape index (κ1) is 15.7. The summed E-state index contributed by atoms with van der Waals surface area (Å²) in [7, 11) is 0. The van der Waals surface area contributed by atoms with Crippen LogP contribution in [0.3, 0.4) is 0 Å². The molecule has 0 aromatic carbocycles. The van der Waals surface area contributed by atoms with Crippen LogP contribution >= 0.6 is 12.4 Å². The summed E-state index contributed by atoms with van der Waals surface area (Å²) < 4.78 is 0. The van der Waals surface area contributed by atoms with Gasteiger partial charge in [-0.25, -0.2) is 0 Å². The van der Waals surface area contributed by atoms with Crippen molar-refractivity contribution in [2.45, 2.75) is 57.7 Å². The number of aliphatic hydroxyl groups excluding tert-OH is 1. The van der Waals surface area contributed by atoms with Gasteiger partial charge in [0.25, 0.3) is 0 Å². The first-order valence-corrected chi connectivity index (χ1v) is 6.79. The van der Waals surface area contributed by atoms with Gasteiger partial charge >= 0.3 is 0 Å². The Hall–Kier alpha value is -0.320. The maximum absolute atomic E-state index is 12.0. The van der Waals surface area contributed by atoms with Crippen molar-refractivity contribution in [2.75, 3.05) is 6.54 Å². The smallest absolute Gasteiger partial charge is 0.237 e. The number of β-amino-alcohol motifs (C(OH)–C–C–N with tert-alkyl or cyclic N) is 1. The fourth-order valence-corrected chi connectivity index (χ4v) is 2.99. The molecule has 0 aromatic heterocycles. The number of rotatable bonds is 2. The molecule has 2 rings (SSSR count). The van der Waals surface area contributed by atoms with Gasteiger partial charge in [-0.3, -0.25) is 4.79 Å². The minimum absolute atomic E-state index is 0. The zero-order valence-electron chi connectivity index (χ0n) is 11.2. The van der Waals surface area contributed by atoms with E-state index >= 15 is 0 Å². The number of nitrogens with one attached hydrogen (secondary N) is 2. The van der Waals surface area contributed by atoms with Crippen LogP contribution < -0.4 is 10.6 Å². The van der Waals surface area contributed by atoms with E-state index in [0.717, 1.165) is 6.42 Å². The zero-order chi connectivity index (χ0) is 12.4. The highest BCUT2D eigenvalue weighted by Gasteiger charge is 2.32. The highest BCUT2D eigenvalue weighted by atomic mass is 35.5. The standard InChI is InChI=1S/C13H24N2O2.ClH/c1-8-4-3-5-11(9(8)2)15-13(17)12-6-10(16)7-14-12;/h8-12,14,16H,3-7H2,1-2H3,(H,15,17);1H. The van der Waals surface area contributed by atoms with E-state index in [1.54, 1.807) is 0 Å². The maximum Gasteiger partial charge on any atom is 0.237 e. The Morgan fingerprint density at radius 1 is 1.33 bits per heavy atom. The van der Waals surface area contributed by atoms with E-state index in [-0.39, 0.29) is 30.5 Å². The van der Waals surface area contributed by atoms with Crippen molar-refractivity contribution in [3.8, 4) is 0 Å². The van der Waals surface area contributed by atoms with E-state index < -0.39 is 0 Å². The van der Waals surface area contributed by atoms with Gasteiger partial charge in [0.15, 0.2) is 0 Å². The Morgan fingerprint density at radius 2 is 2.06 bits per heavy atom. The van der Waals surface area contributed by atoms with Crippen LogP contribution in [0.15, 0.2) is 0 Å². The van der Waals surface area contributed by atoms with Crippen LogP contribution in [0.4, 0.5) is 0 Å². The molecule has 1 aliphatic heterocycles. The van der Waals surface area contributed by atoms with Crippen LogP contribution in [0.25, 0.3) is 0 Å². The molecular formula is C13H25ClN2O2. The number of halogens is 1. The summed E-state index contributed by atoms with van der Waals surface area (Å²) in [6.45, 7) is 5.03. The van der Waals surface area contributed by atoms with Gasteiger partial charge in [-0.2, -0.15) is 0 Å². The van der Waals surface area contributed by atoms with Crippen molar-refractivity contribution < 1.29 is 9.90 Å². The van der Waals surface area contributed by atoms with E-state index in [4.69, 9.17) is 0 Å². The summed E-state index contributed by atoms with van der Waals surface area (Å²) in [5, 5.41) is 15.6. The van der Waals surface area contributed by atoms with E-state index in [1.165, 1.54) is 12.8 Å². The molecule has 0 radical (unpaired) electrons. The van der Waals surface area contributed by atoms with Gasteiger partial charge in [0, 0.05) is 12.6 Å². The molecule has 0 bridgehead atoms. The zero-order valence-corrected chi connectivity index (χ0v) is 12.0. The summed E-state index contributed by atoms with van der Waals surface area (Å²) in [5.41, 5.74) is 0. The largest absolute Gasteiger partial charge is 0.392 e. The molecule has 0 spiro atoms. The quantitative estimate of drug-likeness (QED) is 0.707. The van der Waals surface area contributed by atoms with Crippen LogP contribution in [0, 0.1) is 11.8 Å². The van der Waals surface area contributed by atoms with Crippen molar-refractivity contribution in [1.82, 2.24) is 10.6 Å². The number of aliphatic hydroxyl groups is 1. The summed E-state index contributed by atoms with van der Waals surface area (Å²) in [5.74, 6) is 1.31. The molecule has 1 saturated heterocycles. The Bertz CT molecular complexity index is 288. The van der Waals surface area contributed by atoms with Gasteiger partial charge < -0.3 is 15.7 Å². The summed E-state index contributed by atoms with van der Waals surface area (Å²) >= 11 is 0. The second-order valence-electron chi connectivity index (χ2n) is 5.73. The molecular weight excluding hydrogens is 252 g/mol. The summed E-state index contributed by atoms with van der Waals surface area (Å²) in [6, 6.07) is 0.111. The van der Waals surface area contributed by atoms with Crippen LogP contribution in [-0.2, 0) is 4.79 Å². The maximum atomic E-state index is 12.0. The Morgan fingerprint density at radius 3 is 2.67 bits per heavy atom. The molecule has 18 heavy (non-hydrogen) atoms. The predicted octanol–water partition coefficient (Wildman–Crippen LogP) is 1.07. The highest BCUT2D eigenvalue weighted by molar-refractivity contribution is 5.85. The lowest BCUT2D eigenvalue weighted by atomic mass is 9.78. The monoisotopic (exact) mass is 276 g/mol. The molecule has 5 unspecified atom stereocenters. The molecule has 2 fully saturated rings. The predicted molar refractivity (Wildman–Crippen MR) is 73.8 cm³/mol. The second kappa shape index (κ2) is 6.73. The average molecular weight is 277 g/mol. The van der Waals surface area contributed by atoms with Crippen molar-refractivity contribution >= 4 is 18.3 Å². The lowest BCUT2D eigenvalue weighted by molar-refractivity contribution is -0.124. The minimum Gasteiger partial charge on any atom is -0.392 e. The SMILES string of the molecule is CC1CCCC(NC(=O)C2CC(O)CN2)C1C.Cl. The fraction of sp³-hybridized carbons (Fsp3) is 0.923. The molecule has 5 atom stereocenters. The van der Waals surface area contributed by atoms with E-state index in [1.807, 2.05) is 0 Å². The van der Waals surface area contributed by atoms with Crippen molar-refractivity contribution in [3.63, 3.8) is 0 Å². The molecule has 1 saturated carbocycles. The van der Waals surface area contributed by atoms with Crippen LogP contribution in [0.1, 0.15) is 39.5 Å². The average Bonchev–Trinajstić information content (AvgIpc) is 2.72. The third-order valence-corrected chi connectivity index (χ3v) is 4.46. The van der Waals surface area contributed by atoms with Crippen LogP contribution in [0.5, 0.6) is 0 Å². The first-order chi connectivity index (χ1) is 8.08. The van der Waals surface area contributed by atoms with Crippen LogP contribution in [0.2, 0.25) is 0 Å². The first-order valence-electron chi connectivity index (χ1n) is 6.79. The fourth-order valence-electron chi connectivity index (χ4n) is 2.99. The van der Waals surface area contributed by atoms with Gasteiger partial charge in [0.05, 0.1) is 12.1 Å². The third kappa shape index (κ3) is 3.59. The number of amides is 1. The topological polar surface area (TPSA) is 61.4 Å². The van der Waals surface area contributed by atoms with E-state index in [0.29, 0.717) is 30.8 Å². The molecule has 1 aliphatic carbocycles. The van der Waals surface area contributed by atoms with Gasteiger partial charge in [0.2, 0.25) is 5.91 Å². The van der Waals surface area contributed by atoms with E-state index in [9.17, 15) is 9.90 Å². The summed E-state index contributed by atoms with van der Waals surface area (Å²) in [4.78, 5) is 12.0. The van der Waals surface area contributed by atoms with Gasteiger partial charge in [-0.1, -0.05) is 26.7 Å². The molecule has 5 heteroatoms. The van der Waals surface area contributed by atoms with E-state index in [2.05, 4.69) is 24.5 Å². The van der Waals surface area contributed by atoms with Crippen molar-refractivity contribution in [1.29, 1.82) is 0 Å². The highest BCUT2D eigenvalue weighted by Crippen LogP contribution is 2.29. The lowest BCUT2D eigenvalue weighted by Gasteiger charge is -2.35. The number of hydrogen-bond acceptors (Lipinski definition) is 3. The normalized spacial score (nSPS) is 40.1. The summed E-state index contributed by atoms with van der Waals surface area (Å²) in [6.07, 6.45) is 3.74. The van der Waals surface area contributed by atoms with Gasteiger partial charge in [-0.15, -0.1) is 12.4 Å². The Labute approximate surface area is 115 Å². The Balaban J connectivity index is 0.00000162. The molecule has 1 heterocycles. The van der Waals surface area contributed by atoms with Gasteiger partial charge in [0.1, 0.15) is 0 Å². The molecule has 3 N–H and O–H groups in total. The molecule has 1 amide bonds. The minimum atomic E-state index is -0.367. The van der Waals surface area contributed by atoms with Gasteiger partial charge in [-0.05, 0) is 24.7 Å². The van der Waals surface area contributed by atoms with Crippen LogP contribution in [-0.4, -0.2) is 35.7 Å². The van der Waals surface area contributed by atoms with Crippen molar-refractivity contribution in [2.24, 2.45) is 11.8 Å². The molecule has 0 aromatic rings.